The van der Waals surface area contributed by atoms with Crippen molar-refractivity contribution in [2.75, 3.05) is 37.4 Å². The van der Waals surface area contributed by atoms with Crippen LogP contribution in [0.1, 0.15) is 12.8 Å². The van der Waals surface area contributed by atoms with Crippen molar-refractivity contribution in [3.8, 4) is 0 Å². The maximum Gasteiger partial charge on any atom is 0.328 e. The summed E-state index contributed by atoms with van der Waals surface area (Å²) in [6.45, 7) is 5.78. The van der Waals surface area contributed by atoms with Gasteiger partial charge in [-0.05, 0) is 18.2 Å². The quantitative estimate of drug-likeness (QED) is 0.265. The molecule has 0 saturated carbocycles. The second-order valence-corrected chi connectivity index (χ2v) is 9.11. The summed E-state index contributed by atoms with van der Waals surface area (Å²) < 4.78 is 6.98. The summed E-state index contributed by atoms with van der Waals surface area (Å²) in [5, 5.41) is 19.5. The van der Waals surface area contributed by atoms with Gasteiger partial charge in [0.2, 0.25) is 11.8 Å². The zero-order valence-electron chi connectivity index (χ0n) is 18.3. The molecule has 0 unspecified atom stereocenters. The number of carboxylic acid groups (broad SMARTS) is 2. The first-order valence-electron chi connectivity index (χ1n) is 10.2. The minimum absolute atomic E-state index is 0.0313. The second-order valence-electron chi connectivity index (χ2n) is 6.81. The Morgan fingerprint density at radius 2 is 1.91 bits per heavy atom. The molecule has 0 radical (unpaired) electrons. The third-order valence-corrected chi connectivity index (χ3v) is 6.39. The number of nitrogens with one attached hydrogen (secondary N) is 1. The molecule has 1 aromatic heterocycles. The minimum Gasteiger partial charge on any atom is -0.481 e. The number of ether oxygens (including phenoxy) is 1. The Labute approximate surface area is 204 Å². The van der Waals surface area contributed by atoms with Gasteiger partial charge in [0.15, 0.2) is 4.34 Å². The predicted octanol–water partition coefficient (Wildman–Crippen LogP) is 2.86. The van der Waals surface area contributed by atoms with Crippen molar-refractivity contribution in [3.05, 3.63) is 43.0 Å². The number of thioether (sulfide) groups is 1. The highest BCUT2D eigenvalue weighted by molar-refractivity contribution is 8.01. The number of aliphatic carboxylic acids is 2. The van der Waals surface area contributed by atoms with E-state index in [1.54, 1.807) is 34.1 Å². The number of aromatic nitrogens is 1. The molecule has 2 heterocycles. The number of hydrogen-bond donors (Lipinski definition) is 3. The van der Waals surface area contributed by atoms with Gasteiger partial charge in [0.1, 0.15) is 0 Å². The fraction of sp³-hybridized carbons (Fsp3) is 0.318. The van der Waals surface area contributed by atoms with Crippen molar-refractivity contribution in [2.45, 2.75) is 17.2 Å². The molecule has 1 aromatic carbocycles. The summed E-state index contributed by atoms with van der Waals surface area (Å²) in [6, 6.07) is 5.46. The van der Waals surface area contributed by atoms with Crippen LogP contribution in [0.3, 0.4) is 0 Å². The fourth-order valence-corrected chi connectivity index (χ4v) is 4.52. The minimum atomic E-state index is -1.11. The number of anilines is 1. The maximum absolute atomic E-state index is 11.6. The van der Waals surface area contributed by atoms with Crippen molar-refractivity contribution in [3.63, 3.8) is 0 Å². The summed E-state index contributed by atoms with van der Waals surface area (Å²) in [7, 11) is 0. The van der Waals surface area contributed by atoms with Crippen molar-refractivity contribution in [1.82, 2.24) is 9.88 Å². The first-order valence-corrected chi connectivity index (χ1v) is 12.0. The van der Waals surface area contributed by atoms with Crippen LogP contribution in [0.2, 0.25) is 0 Å². The highest BCUT2D eigenvalue weighted by Gasteiger charge is 2.14. The van der Waals surface area contributed by atoms with Gasteiger partial charge in [-0.1, -0.05) is 17.8 Å². The van der Waals surface area contributed by atoms with Gasteiger partial charge < -0.3 is 25.2 Å². The molecule has 34 heavy (non-hydrogen) atoms. The molecule has 2 amide bonds. The van der Waals surface area contributed by atoms with Gasteiger partial charge in [-0.25, -0.2) is 9.78 Å². The third kappa shape index (κ3) is 9.73. The summed E-state index contributed by atoms with van der Waals surface area (Å²) in [5.41, 5.74) is 1.54. The lowest BCUT2D eigenvalue weighted by atomic mass is 10.2. The van der Waals surface area contributed by atoms with E-state index in [9.17, 15) is 19.2 Å². The Hall–Kier alpha value is -3.22. The Kier molecular flexibility index (Phi) is 11.2. The smallest absolute Gasteiger partial charge is 0.328 e. The highest BCUT2D eigenvalue weighted by Crippen LogP contribution is 2.31. The molecule has 0 atom stereocenters. The lowest BCUT2D eigenvalue weighted by molar-refractivity contribution is -0.138. The van der Waals surface area contributed by atoms with E-state index in [2.05, 4.69) is 16.9 Å². The highest BCUT2D eigenvalue weighted by atomic mass is 32.2. The van der Waals surface area contributed by atoms with Crippen molar-refractivity contribution < 1.29 is 34.1 Å². The number of carbonyl (C=O) groups is 4. The van der Waals surface area contributed by atoms with Crippen LogP contribution in [0.25, 0.3) is 10.2 Å². The Balaban J connectivity index is 0.000000270. The van der Waals surface area contributed by atoms with E-state index in [4.69, 9.17) is 14.9 Å². The van der Waals surface area contributed by atoms with Gasteiger partial charge in [-0.3, -0.25) is 14.4 Å². The number of carbonyl (C=O) groups excluding carboxylic acids is 2. The van der Waals surface area contributed by atoms with Gasteiger partial charge >= 0.3 is 11.9 Å². The van der Waals surface area contributed by atoms with E-state index < -0.39 is 11.9 Å². The number of morpholine rings is 1. The average Bonchev–Trinajstić information content (AvgIpc) is 3.23. The number of hydrogen-bond acceptors (Lipinski definition) is 8. The van der Waals surface area contributed by atoms with E-state index in [0.29, 0.717) is 32.0 Å². The molecule has 2 aromatic rings. The van der Waals surface area contributed by atoms with Crippen LogP contribution in [-0.2, 0) is 23.9 Å². The number of nitrogens with zero attached hydrogens (tertiary/aromatic N) is 2. The Morgan fingerprint density at radius 1 is 1.18 bits per heavy atom. The van der Waals surface area contributed by atoms with Gasteiger partial charge in [-0.15, -0.1) is 17.9 Å². The zero-order chi connectivity index (χ0) is 24.9. The molecule has 3 N–H and O–H groups in total. The molecule has 10 nitrogen and oxygen atoms in total. The van der Waals surface area contributed by atoms with Gasteiger partial charge in [0.25, 0.3) is 0 Å². The lowest BCUT2D eigenvalue weighted by Gasteiger charge is -2.25. The Morgan fingerprint density at radius 3 is 2.56 bits per heavy atom. The first-order chi connectivity index (χ1) is 16.3. The average molecular weight is 508 g/mol. The lowest BCUT2D eigenvalue weighted by Crippen LogP contribution is -2.39. The summed E-state index contributed by atoms with van der Waals surface area (Å²) in [4.78, 5) is 49.4. The van der Waals surface area contributed by atoms with Crippen molar-refractivity contribution in [2.24, 2.45) is 0 Å². The molecular weight excluding hydrogens is 482 g/mol. The van der Waals surface area contributed by atoms with Crippen LogP contribution >= 0.6 is 23.1 Å². The molecule has 1 fully saturated rings. The molecule has 0 aliphatic carbocycles. The number of carboxylic acids is 2. The van der Waals surface area contributed by atoms with Crippen LogP contribution in [0.4, 0.5) is 5.69 Å². The predicted molar refractivity (Wildman–Crippen MR) is 130 cm³/mol. The number of fused-ring (bicyclic) bond motifs is 1. The molecule has 0 spiro atoms. The van der Waals surface area contributed by atoms with Gasteiger partial charge in [-0.2, -0.15) is 0 Å². The maximum atomic E-state index is 11.6. The number of rotatable bonds is 9. The Bertz CT molecular complexity index is 1060. The van der Waals surface area contributed by atoms with Crippen molar-refractivity contribution >= 4 is 62.8 Å². The van der Waals surface area contributed by atoms with Gasteiger partial charge in [0, 0.05) is 43.1 Å². The van der Waals surface area contributed by atoms with E-state index in [-0.39, 0.29) is 24.7 Å². The van der Waals surface area contributed by atoms with Gasteiger partial charge in [0.05, 0.1) is 29.9 Å². The fourth-order valence-electron chi connectivity index (χ4n) is 2.65. The summed E-state index contributed by atoms with van der Waals surface area (Å²) >= 11 is 3.17. The van der Waals surface area contributed by atoms with E-state index in [0.717, 1.165) is 32.5 Å². The topological polar surface area (TPSA) is 146 Å². The van der Waals surface area contributed by atoms with Crippen LogP contribution in [0, 0.1) is 0 Å². The molecule has 12 heteroatoms. The summed E-state index contributed by atoms with van der Waals surface area (Å²) in [5.74, 6) is -1.86. The SMILES string of the molecule is C=CCSc1nc2ccc(NC(=O)CCC(=O)O)cc2s1.O=C(O)/C=C/C(=O)N1CCOCC1. The number of thiazole rings is 1. The molecule has 1 aliphatic rings. The number of amides is 2. The third-order valence-electron chi connectivity index (χ3n) is 4.23. The van der Waals surface area contributed by atoms with Crippen LogP contribution in [-0.4, -0.2) is 75.9 Å². The molecular formula is C22H25N3O7S2. The standard InChI is InChI=1S/C14H14N2O3S2.C8H11NO4/c1-2-7-20-14-16-10-4-3-9(8-11(10)21-14)15-12(17)5-6-13(18)19;10-7(1-2-8(11)12)9-3-5-13-6-4-9/h2-4,8H,1,5-7H2,(H,15,17)(H,18,19);1-2H,3-6H2,(H,11,12)/b;2-1+. The van der Waals surface area contributed by atoms with E-state index in [1.165, 1.54) is 0 Å². The van der Waals surface area contributed by atoms with E-state index in [1.807, 2.05) is 18.2 Å². The van der Waals surface area contributed by atoms with Crippen LogP contribution in [0.5, 0.6) is 0 Å². The van der Waals surface area contributed by atoms with Crippen LogP contribution < -0.4 is 5.32 Å². The largest absolute Gasteiger partial charge is 0.481 e. The van der Waals surface area contributed by atoms with Crippen molar-refractivity contribution in [1.29, 1.82) is 0 Å². The molecule has 1 saturated heterocycles. The van der Waals surface area contributed by atoms with E-state index >= 15 is 0 Å². The molecule has 0 bridgehead atoms. The van der Waals surface area contributed by atoms with Crippen LogP contribution in [0.15, 0.2) is 47.3 Å². The molecule has 1 aliphatic heterocycles. The number of benzene rings is 1. The molecule has 182 valence electrons. The summed E-state index contributed by atoms with van der Waals surface area (Å²) in [6.07, 6.45) is 3.53. The normalized spacial score (nSPS) is 13.2. The first kappa shape index (κ1) is 27.0. The zero-order valence-corrected chi connectivity index (χ0v) is 19.9. The molecule has 3 rings (SSSR count). The monoisotopic (exact) mass is 507 g/mol. The second kappa shape index (κ2) is 14.1.